The van der Waals surface area contributed by atoms with Crippen molar-refractivity contribution in [3.63, 3.8) is 0 Å². The summed E-state index contributed by atoms with van der Waals surface area (Å²) in [4.78, 5) is 12.0. The highest BCUT2D eigenvalue weighted by Gasteiger charge is 2.17. The van der Waals surface area contributed by atoms with Crippen LogP contribution in [0.5, 0.6) is 0 Å². The molecule has 0 heterocycles. The highest BCUT2D eigenvalue weighted by molar-refractivity contribution is 6.30. The van der Waals surface area contributed by atoms with Crippen LogP contribution in [0.4, 0.5) is 0 Å². The van der Waals surface area contributed by atoms with Gasteiger partial charge in [-0.2, -0.15) is 0 Å². The predicted octanol–water partition coefficient (Wildman–Crippen LogP) is 3.78. The van der Waals surface area contributed by atoms with Gasteiger partial charge in [0.2, 0.25) is 5.91 Å². The Bertz CT molecular complexity index is 640. The Labute approximate surface area is 136 Å². The van der Waals surface area contributed by atoms with Crippen molar-refractivity contribution in [2.45, 2.75) is 19.9 Å². The second kappa shape index (κ2) is 7.43. The number of nitrogens with one attached hydrogen (secondary N) is 1. The Morgan fingerprint density at radius 3 is 2.41 bits per heavy atom. The summed E-state index contributed by atoms with van der Waals surface area (Å²) >= 11 is 5.95. The van der Waals surface area contributed by atoms with Gasteiger partial charge < -0.3 is 11.1 Å². The quantitative estimate of drug-likeness (QED) is 0.882. The van der Waals surface area contributed by atoms with Crippen molar-refractivity contribution in [3.8, 4) is 11.1 Å². The molecule has 0 aliphatic rings. The van der Waals surface area contributed by atoms with Crippen molar-refractivity contribution in [3.05, 3.63) is 59.1 Å². The molecule has 0 saturated carbocycles. The first-order valence-corrected chi connectivity index (χ1v) is 7.76. The van der Waals surface area contributed by atoms with Crippen LogP contribution in [0.1, 0.15) is 25.5 Å². The molecule has 0 fully saturated rings. The van der Waals surface area contributed by atoms with Gasteiger partial charge >= 0.3 is 0 Å². The minimum Gasteiger partial charge on any atom is -0.349 e. The fourth-order valence-electron chi connectivity index (χ4n) is 2.31. The standard InChI is InChI=1S/C18H21ClN2O/c1-12(11-20)18(22)21-13(2)16-5-3-4-6-17(16)14-7-9-15(19)10-8-14/h3-10,12-13H,11,20H2,1-2H3,(H,21,22). The summed E-state index contributed by atoms with van der Waals surface area (Å²) in [6.45, 7) is 4.15. The maximum absolute atomic E-state index is 12.0. The van der Waals surface area contributed by atoms with Crippen LogP contribution in [0.2, 0.25) is 5.02 Å². The number of hydrogen-bond acceptors (Lipinski definition) is 2. The van der Waals surface area contributed by atoms with E-state index in [4.69, 9.17) is 17.3 Å². The zero-order valence-electron chi connectivity index (χ0n) is 12.8. The third-order valence-electron chi connectivity index (χ3n) is 3.74. The Kier molecular flexibility index (Phi) is 5.58. The van der Waals surface area contributed by atoms with Gasteiger partial charge in [-0.1, -0.05) is 54.9 Å². The summed E-state index contributed by atoms with van der Waals surface area (Å²) in [6.07, 6.45) is 0. The molecule has 0 spiro atoms. The van der Waals surface area contributed by atoms with Crippen molar-refractivity contribution in [1.29, 1.82) is 0 Å². The summed E-state index contributed by atoms with van der Waals surface area (Å²) in [5, 5.41) is 3.73. The molecule has 4 heteroatoms. The van der Waals surface area contributed by atoms with E-state index < -0.39 is 0 Å². The molecule has 0 aliphatic heterocycles. The van der Waals surface area contributed by atoms with Crippen molar-refractivity contribution in [2.24, 2.45) is 11.7 Å². The lowest BCUT2D eigenvalue weighted by Crippen LogP contribution is -2.35. The predicted molar refractivity (Wildman–Crippen MR) is 91.7 cm³/mol. The minimum absolute atomic E-state index is 0.0269. The van der Waals surface area contributed by atoms with Crippen molar-refractivity contribution in [2.75, 3.05) is 6.54 Å². The number of benzene rings is 2. The monoisotopic (exact) mass is 316 g/mol. The SMILES string of the molecule is CC(CN)C(=O)NC(C)c1ccccc1-c1ccc(Cl)cc1. The van der Waals surface area contributed by atoms with E-state index in [1.807, 2.05) is 62.4 Å². The molecule has 0 radical (unpaired) electrons. The number of carbonyl (C=O) groups excluding carboxylic acids is 1. The molecule has 0 bridgehead atoms. The number of rotatable bonds is 5. The van der Waals surface area contributed by atoms with Crippen molar-refractivity contribution in [1.82, 2.24) is 5.32 Å². The molecule has 0 aromatic heterocycles. The maximum Gasteiger partial charge on any atom is 0.224 e. The summed E-state index contributed by atoms with van der Waals surface area (Å²) in [5.74, 6) is -0.217. The molecule has 2 atom stereocenters. The molecule has 116 valence electrons. The number of nitrogens with two attached hydrogens (primary N) is 1. The van der Waals surface area contributed by atoms with Gasteiger partial charge in [0, 0.05) is 17.5 Å². The van der Waals surface area contributed by atoms with Crippen LogP contribution in [0.3, 0.4) is 0 Å². The van der Waals surface area contributed by atoms with E-state index in [0.29, 0.717) is 11.6 Å². The number of halogens is 1. The van der Waals surface area contributed by atoms with Gasteiger partial charge in [0.25, 0.3) is 0 Å². The van der Waals surface area contributed by atoms with Crippen LogP contribution in [0.15, 0.2) is 48.5 Å². The van der Waals surface area contributed by atoms with Crippen molar-refractivity contribution >= 4 is 17.5 Å². The Morgan fingerprint density at radius 1 is 1.14 bits per heavy atom. The Balaban J connectivity index is 2.28. The van der Waals surface area contributed by atoms with Gasteiger partial charge in [-0.25, -0.2) is 0 Å². The fourth-order valence-corrected chi connectivity index (χ4v) is 2.43. The van der Waals surface area contributed by atoms with Crippen LogP contribution in [-0.2, 0) is 4.79 Å². The molecule has 3 nitrogen and oxygen atoms in total. The smallest absolute Gasteiger partial charge is 0.224 e. The highest BCUT2D eigenvalue weighted by Crippen LogP contribution is 2.29. The first-order valence-electron chi connectivity index (χ1n) is 7.38. The van der Waals surface area contributed by atoms with Gasteiger partial charge in [0.1, 0.15) is 0 Å². The molecular formula is C18H21ClN2O. The van der Waals surface area contributed by atoms with Gasteiger partial charge in [0.05, 0.1) is 6.04 Å². The molecule has 0 aliphatic carbocycles. The molecule has 0 saturated heterocycles. The highest BCUT2D eigenvalue weighted by atomic mass is 35.5. The summed E-state index contributed by atoms with van der Waals surface area (Å²) in [5.41, 5.74) is 8.79. The largest absolute Gasteiger partial charge is 0.349 e. The van der Waals surface area contributed by atoms with Crippen LogP contribution < -0.4 is 11.1 Å². The number of carbonyl (C=O) groups is 1. The average Bonchev–Trinajstić information content (AvgIpc) is 2.54. The summed E-state index contributed by atoms with van der Waals surface area (Å²) in [7, 11) is 0. The second-order valence-electron chi connectivity index (χ2n) is 5.46. The van der Waals surface area contributed by atoms with E-state index in [0.717, 1.165) is 16.7 Å². The fraction of sp³-hybridized carbons (Fsp3) is 0.278. The number of hydrogen-bond donors (Lipinski definition) is 2. The molecule has 2 rings (SSSR count). The zero-order chi connectivity index (χ0) is 16.1. The van der Waals surface area contributed by atoms with E-state index in [2.05, 4.69) is 5.32 Å². The van der Waals surface area contributed by atoms with Crippen molar-refractivity contribution < 1.29 is 4.79 Å². The Morgan fingerprint density at radius 2 is 1.77 bits per heavy atom. The van der Waals surface area contributed by atoms with Gasteiger partial charge in [-0.15, -0.1) is 0 Å². The molecule has 2 aromatic carbocycles. The van der Waals surface area contributed by atoms with E-state index in [1.54, 1.807) is 0 Å². The lowest BCUT2D eigenvalue weighted by molar-refractivity contribution is -0.124. The topological polar surface area (TPSA) is 55.1 Å². The molecule has 2 unspecified atom stereocenters. The van der Waals surface area contributed by atoms with Gasteiger partial charge in [-0.05, 0) is 35.7 Å². The third kappa shape index (κ3) is 3.87. The maximum atomic E-state index is 12.0. The van der Waals surface area contributed by atoms with Crippen LogP contribution in [0, 0.1) is 5.92 Å². The van der Waals surface area contributed by atoms with E-state index in [-0.39, 0.29) is 17.9 Å². The van der Waals surface area contributed by atoms with E-state index in [1.165, 1.54) is 0 Å². The van der Waals surface area contributed by atoms with Gasteiger partial charge in [-0.3, -0.25) is 4.79 Å². The Hall–Kier alpha value is -1.84. The molecule has 3 N–H and O–H groups in total. The lowest BCUT2D eigenvalue weighted by Gasteiger charge is -2.20. The third-order valence-corrected chi connectivity index (χ3v) is 3.99. The normalized spacial score (nSPS) is 13.5. The summed E-state index contributed by atoms with van der Waals surface area (Å²) in [6, 6.07) is 15.7. The second-order valence-corrected chi connectivity index (χ2v) is 5.90. The molecule has 1 amide bonds. The van der Waals surface area contributed by atoms with Crippen LogP contribution in [0.25, 0.3) is 11.1 Å². The first-order chi connectivity index (χ1) is 10.5. The number of amides is 1. The summed E-state index contributed by atoms with van der Waals surface area (Å²) < 4.78 is 0. The molecular weight excluding hydrogens is 296 g/mol. The van der Waals surface area contributed by atoms with Crippen LogP contribution >= 0.6 is 11.6 Å². The minimum atomic E-state index is -0.190. The zero-order valence-corrected chi connectivity index (χ0v) is 13.6. The van der Waals surface area contributed by atoms with E-state index in [9.17, 15) is 4.79 Å². The molecule has 22 heavy (non-hydrogen) atoms. The van der Waals surface area contributed by atoms with Gasteiger partial charge in [0.15, 0.2) is 0 Å². The lowest BCUT2D eigenvalue weighted by atomic mass is 9.95. The molecule has 2 aromatic rings. The average molecular weight is 317 g/mol. The van der Waals surface area contributed by atoms with Crippen LogP contribution in [-0.4, -0.2) is 12.5 Å². The first kappa shape index (κ1) is 16.5. The van der Waals surface area contributed by atoms with E-state index >= 15 is 0 Å².